The van der Waals surface area contributed by atoms with Crippen molar-refractivity contribution in [1.82, 2.24) is 10.6 Å². The van der Waals surface area contributed by atoms with E-state index in [0.717, 1.165) is 25.7 Å². The molecule has 2 aromatic carbocycles. The third-order valence-electron chi connectivity index (χ3n) is 5.68. The van der Waals surface area contributed by atoms with E-state index >= 15 is 0 Å². The highest BCUT2D eigenvalue weighted by Crippen LogP contribution is 2.27. The van der Waals surface area contributed by atoms with E-state index in [1.165, 1.54) is 23.5 Å². The van der Waals surface area contributed by atoms with E-state index in [4.69, 9.17) is 0 Å². The third-order valence-corrected chi connectivity index (χ3v) is 7.46. The first kappa shape index (κ1) is 21.6. The quantitative estimate of drug-likeness (QED) is 0.756. The summed E-state index contributed by atoms with van der Waals surface area (Å²) in [5, 5.41) is 6.64. The van der Waals surface area contributed by atoms with Gasteiger partial charge in [0.2, 0.25) is 0 Å². The number of hydrogen-bond acceptors (Lipinski definition) is 4. The van der Waals surface area contributed by atoms with Gasteiger partial charge in [-0.1, -0.05) is 24.3 Å². The minimum atomic E-state index is -3.75. The van der Waals surface area contributed by atoms with Crippen LogP contribution in [0.15, 0.2) is 59.5 Å². The number of sulfonamides is 1. The van der Waals surface area contributed by atoms with Gasteiger partial charge in [0.15, 0.2) is 0 Å². The highest BCUT2D eigenvalue weighted by atomic mass is 35.5. The van der Waals surface area contributed by atoms with Gasteiger partial charge in [0, 0.05) is 30.7 Å². The van der Waals surface area contributed by atoms with Gasteiger partial charge in [-0.15, -0.1) is 12.4 Å². The second-order valence-electron chi connectivity index (χ2n) is 7.62. The normalized spacial score (nSPS) is 23.1. The highest BCUT2D eigenvalue weighted by molar-refractivity contribution is 7.92. The number of piperidine rings is 1. The fourth-order valence-corrected chi connectivity index (χ4v) is 5.42. The summed E-state index contributed by atoms with van der Waals surface area (Å²) in [6.07, 6.45) is 4.18. The van der Waals surface area contributed by atoms with Crippen LogP contribution in [0.2, 0.25) is 0 Å². The van der Waals surface area contributed by atoms with Crippen LogP contribution in [-0.4, -0.2) is 39.5 Å². The molecule has 0 radical (unpaired) electrons. The number of carbonyl (C=O) groups is 1. The van der Waals surface area contributed by atoms with Crippen LogP contribution in [-0.2, 0) is 10.0 Å². The van der Waals surface area contributed by atoms with Crippen LogP contribution in [0.1, 0.15) is 36.0 Å². The van der Waals surface area contributed by atoms with Crippen LogP contribution in [0.3, 0.4) is 0 Å². The molecule has 2 heterocycles. The second-order valence-corrected chi connectivity index (χ2v) is 9.58. The lowest BCUT2D eigenvalue weighted by Gasteiger charge is -2.29. The van der Waals surface area contributed by atoms with Crippen LogP contribution < -0.4 is 14.9 Å². The average molecular weight is 436 g/mol. The van der Waals surface area contributed by atoms with E-state index in [1.807, 2.05) is 6.07 Å². The first-order valence-corrected chi connectivity index (χ1v) is 11.1. The molecule has 2 bridgehead atoms. The minimum Gasteiger partial charge on any atom is -0.349 e. The van der Waals surface area contributed by atoms with Crippen molar-refractivity contribution >= 4 is 34.0 Å². The third kappa shape index (κ3) is 4.57. The molecule has 2 aromatic rings. The van der Waals surface area contributed by atoms with Crippen LogP contribution >= 0.6 is 12.4 Å². The maximum atomic E-state index is 13.0. The van der Waals surface area contributed by atoms with Gasteiger partial charge in [-0.3, -0.25) is 9.10 Å². The minimum absolute atomic E-state index is 0. The standard InChI is InChI=1S/C21H25N3O3S.ClH/c1-24(19-7-3-2-4-8-19)28(26,27)20-9-5-6-15(12-20)21(25)23-18-13-16-10-11-17(14-18)22-16;/h2-9,12,16-18,22H,10-11,13-14H2,1H3,(H,23,25);1H. The van der Waals surface area contributed by atoms with Crippen molar-refractivity contribution in [2.75, 3.05) is 11.4 Å². The number of para-hydroxylation sites is 1. The van der Waals surface area contributed by atoms with Crippen molar-refractivity contribution in [2.45, 2.75) is 48.7 Å². The molecular weight excluding hydrogens is 410 g/mol. The molecular formula is C21H26ClN3O3S. The Bertz CT molecular complexity index is 956. The molecule has 8 heteroatoms. The number of fused-ring (bicyclic) bond motifs is 2. The summed E-state index contributed by atoms with van der Waals surface area (Å²) >= 11 is 0. The summed E-state index contributed by atoms with van der Waals surface area (Å²) in [6, 6.07) is 16.2. The molecule has 2 atom stereocenters. The molecule has 6 nitrogen and oxygen atoms in total. The van der Waals surface area contributed by atoms with Gasteiger partial charge in [0.1, 0.15) is 0 Å². The molecule has 2 fully saturated rings. The largest absolute Gasteiger partial charge is 0.349 e. The molecule has 0 aromatic heterocycles. The molecule has 0 saturated carbocycles. The number of rotatable bonds is 5. The van der Waals surface area contributed by atoms with E-state index in [9.17, 15) is 13.2 Å². The topological polar surface area (TPSA) is 78.5 Å². The Morgan fingerprint density at radius 2 is 1.69 bits per heavy atom. The Hall–Kier alpha value is -2.09. The predicted molar refractivity (Wildman–Crippen MR) is 116 cm³/mol. The van der Waals surface area contributed by atoms with Crippen molar-refractivity contribution < 1.29 is 13.2 Å². The first-order chi connectivity index (χ1) is 13.4. The second kappa shape index (κ2) is 8.73. The van der Waals surface area contributed by atoms with Crippen LogP contribution in [0, 0.1) is 0 Å². The van der Waals surface area contributed by atoms with Gasteiger partial charge in [-0.05, 0) is 56.0 Å². The smallest absolute Gasteiger partial charge is 0.264 e. The SMILES string of the molecule is CN(c1ccccc1)S(=O)(=O)c1cccc(C(=O)NC2CC3CCC(C2)N3)c1.Cl. The molecule has 156 valence electrons. The molecule has 2 N–H and O–H groups in total. The van der Waals surface area contributed by atoms with E-state index in [-0.39, 0.29) is 29.3 Å². The summed E-state index contributed by atoms with van der Waals surface area (Å²) in [6.45, 7) is 0. The lowest BCUT2D eigenvalue weighted by atomic mass is 9.99. The Morgan fingerprint density at radius 3 is 2.34 bits per heavy atom. The Kier molecular flexibility index (Phi) is 6.51. The monoisotopic (exact) mass is 435 g/mol. The molecule has 4 rings (SSSR count). The number of anilines is 1. The van der Waals surface area contributed by atoms with Gasteiger partial charge in [0.25, 0.3) is 15.9 Å². The molecule has 2 aliphatic rings. The lowest BCUT2D eigenvalue weighted by Crippen LogP contribution is -2.48. The van der Waals surface area contributed by atoms with E-state index in [2.05, 4.69) is 10.6 Å². The summed E-state index contributed by atoms with van der Waals surface area (Å²) in [5.41, 5.74) is 0.941. The predicted octanol–water partition coefficient (Wildman–Crippen LogP) is 2.95. The van der Waals surface area contributed by atoms with E-state index in [0.29, 0.717) is 23.3 Å². The fourth-order valence-electron chi connectivity index (χ4n) is 4.18. The maximum Gasteiger partial charge on any atom is 0.264 e. The van der Waals surface area contributed by atoms with Crippen LogP contribution in [0.5, 0.6) is 0 Å². The van der Waals surface area contributed by atoms with Crippen molar-refractivity contribution in [3.63, 3.8) is 0 Å². The molecule has 2 aliphatic heterocycles. The van der Waals surface area contributed by atoms with Crippen molar-refractivity contribution in [2.24, 2.45) is 0 Å². The summed E-state index contributed by atoms with van der Waals surface area (Å²) < 4.78 is 27.2. The van der Waals surface area contributed by atoms with Gasteiger partial charge in [-0.2, -0.15) is 0 Å². The Balaban J connectivity index is 0.00000240. The van der Waals surface area contributed by atoms with Crippen molar-refractivity contribution in [3.8, 4) is 0 Å². The summed E-state index contributed by atoms with van der Waals surface area (Å²) in [7, 11) is -2.23. The molecule has 29 heavy (non-hydrogen) atoms. The average Bonchev–Trinajstić information content (AvgIpc) is 3.06. The molecule has 2 saturated heterocycles. The Morgan fingerprint density at radius 1 is 1.03 bits per heavy atom. The highest BCUT2D eigenvalue weighted by Gasteiger charge is 2.34. The number of amides is 1. The molecule has 2 unspecified atom stereocenters. The zero-order chi connectivity index (χ0) is 19.7. The first-order valence-electron chi connectivity index (χ1n) is 9.64. The van der Waals surface area contributed by atoms with Crippen LogP contribution in [0.4, 0.5) is 5.69 Å². The van der Waals surface area contributed by atoms with Crippen LogP contribution in [0.25, 0.3) is 0 Å². The molecule has 1 amide bonds. The molecule has 0 aliphatic carbocycles. The van der Waals surface area contributed by atoms with Gasteiger partial charge >= 0.3 is 0 Å². The van der Waals surface area contributed by atoms with E-state index in [1.54, 1.807) is 36.4 Å². The summed E-state index contributed by atoms with van der Waals surface area (Å²) in [4.78, 5) is 12.8. The number of nitrogens with zero attached hydrogens (tertiary/aromatic N) is 1. The zero-order valence-corrected chi connectivity index (χ0v) is 17.9. The lowest BCUT2D eigenvalue weighted by molar-refractivity contribution is 0.0923. The van der Waals surface area contributed by atoms with Gasteiger partial charge < -0.3 is 10.6 Å². The number of nitrogens with one attached hydrogen (secondary N) is 2. The number of carbonyl (C=O) groups excluding carboxylic acids is 1. The van der Waals surface area contributed by atoms with Crippen molar-refractivity contribution in [3.05, 3.63) is 60.2 Å². The van der Waals surface area contributed by atoms with E-state index < -0.39 is 10.0 Å². The molecule has 0 spiro atoms. The van der Waals surface area contributed by atoms with Crippen molar-refractivity contribution in [1.29, 1.82) is 0 Å². The maximum absolute atomic E-state index is 13.0. The van der Waals surface area contributed by atoms with Gasteiger partial charge in [0.05, 0.1) is 10.6 Å². The number of halogens is 1. The summed E-state index contributed by atoms with van der Waals surface area (Å²) in [5.74, 6) is -0.217. The number of benzene rings is 2. The Labute approximate surface area is 178 Å². The zero-order valence-electron chi connectivity index (χ0n) is 16.2. The van der Waals surface area contributed by atoms with Gasteiger partial charge in [-0.25, -0.2) is 8.42 Å². The fraction of sp³-hybridized carbons (Fsp3) is 0.381. The number of hydrogen-bond donors (Lipinski definition) is 2.